The highest BCUT2D eigenvalue weighted by Gasteiger charge is 2.68. The van der Waals surface area contributed by atoms with Crippen molar-refractivity contribution in [2.75, 3.05) is 0 Å². The molecule has 0 aromatic heterocycles. The van der Waals surface area contributed by atoms with Gasteiger partial charge in [0.15, 0.2) is 11.6 Å². The van der Waals surface area contributed by atoms with Crippen LogP contribution in [0.1, 0.15) is 46.5 Å². The lowest BCUT2D eigenvalue weighted by Gasteiger charge is -2.56. The number of rotatable bonds is 1. The average Bonchev–Trinajstić information content (AvgIpc) is 2.87. The predicted octanol–water partition coefficient (Wildman–Crippen LogP) is 1.97. The average molecular weight is 356 g/mol. The van der Waals surface area contributed by atoms with Crippen molar-refractivity contribution in [3.63, 3.8) is 0 Å². The minimum absolute atomic E-state index is 0.0873. The van der Waals surface area contributed by atoms with Crippen molar-refractivity contribution in [3.8, 4) is 0 Å². The zero-order valence-electron chi connectivity index (χ0n) is 15.4. The number of Topliss-reactive ketones (excluding diaryl/α,β-unsaturated/α-hetero) is 3. The number of allylic oxidation sites excluding steroid dienone is 4. The molecule has 138 valence electrons. The van der Waals surface area contributed by atoms with E-state index >= 15 is 0 Å². The maximum Gasteiger partial charge on any atom is 0.225 e. The number of ketones is 4. The highest BCUT2D eigenvalue weighted by atomic mass is 16.3. The first-order chi connectivity index (χ1) is 12.1. The van der Waals surface area contributed by atoms with Gasteiger partial charge in [-0.25, -0.2) is 0 Å². The fourth-order valence-corrected chi connectivity index (χ4v) is 6.38. The van der Waals surface area contributed by atoms with Crippen LogP contribution in [0.25, 0.3) is 0 Å². The van der Waals surface area contributed by atoms with Gasteiger partial charge in [-0.15, -0.1) is 0 Å². The Kier molecular flexibility index (Phi) is 3.44. The Hall–Kier alpha value is -1.88. The van der Waals surface area contributed by atoms with Gasteiger partial charge < -0.3 is 5.11 Å². The Morgan fingerprint density at radius 2 is 1.77 bits per heavy atom. The Labute approximate surface area is 152 Å². The molecule has 3 saturated carbocycles. The molecule has 26 heavy (non-hydrogen) atoms. The molecule has 0 unspecified atom stereocenters. The maximum atomic E-state index is 13.0. The van der Waals surface area contributed by atoms with Gasteiger partial charge in [0.25, 0.3) is 0 Å². The van der Waals surface area contributed by atoms with Gasteiger partial charge in [0.05, 0.1) is 0 Å². The summed E-state index contributed by atoms with van der Waals surface area (Å²) in [5.74, 6) is -2.34. The van der Waals surface area contributed by atoms with Gasteiger partial charge in [0.1, 0.15) is 5.60 Å². The van der Waals surface area contributed by atoms with Gasteiger partial charge in [0, 0.05) is 22.3 Å². The van der Waals surface area contributed by atoms with Gasteiger partial charge in [0.2, 0.25) is 11.6 Å². The molecule has 4 rings (SSSR count). The summed E-state index contributed by atoms with van der Waals surface area (Å²) in [6.07, 6.45) is 6.73. The first-order valence-electron chi connectivity index (χ1n) is 9.33. The normalized spacial score (nSPS) is 47.2. The summed E-state index contributed by atoms with van der Waals surface area (Å²) in [5.41, 5.74) is -2.45. The molecule has 5 heteroatoms. The Balaban J connectivity index is 1.82. The molecule has 0 aromatic rings. The van der Waals surface area contributed by atoms with Gasteiger partial charge in [-0.05, 0) is 56.6 Å². The molecule has 0 radical (unpaired) electrons. The predicted molar refractivity (Wildman–Crippen MR) is 93.0 cm³/mol. The van der Waals surface area contributed by atoms with Crippen LogP contribution in [0.15, 0.2) is 23.8 Å². The molecule has 6 atom stereocenters. The molecule has 0 spiro atoms. The summed E-state index contributed by atoms with van der Waals surface area (Å²) in [6.45, 7) is 5.23. The van der Waals surface area contributed by atoms with Crippen molar-refractivity contribution >= 4 is 23.1 Å². The molecule has 4 aliphatic carbocycles. The minimum Gasteiger partial charge on any atom is -0.382 e. The molecule has 1 N–H and O–H groups in total. The van der Waals surface area contributed by atoms with Crippen molar-refractivity contribution in [1.29, 1.82) is 0 Å². The van der Waals surface area contributed by atoms with E-state index in [9.17, 15) is 24.3 Å². The van der Waals surface area contributed by atoms with Crippen molar-refractivity contribution in [2.45, 2.75) is 52.1 Å². The van der Waals surface area contributed by atoms with E-state index in [0.717, 1.165) is 0 Å². The Morgan fingerprint density at radius 3 is 2.42 bits per heavy atom. The number of hydrogen-bond donors (Lipinski definition) is 1. The topological polar surface area (TPSA) is 88.5 Å². The van der Waals surface area contributed by atoms with Crippen LogP contribution >= 0.6 is 0 Å². The second-order valence-electron chi connectivity index (χ2n) is 8.92. The third-order valence-electron chi connectivity index (χ3n) is 8.01. The van der Waals surface area contributed by atoms with Crippen molar-refractivity contribution in [1.82, 2.24) is 0 Å². The SMILES string of the molecule is CC(=O)[C@@]1(O)CC[C@H]2[C@@H]3C(=O)C(=O)C4=CC(=O)C=C[C@]4(C)[C@H]3CC[C@@]21C. The van der Waals surface area contributed by atoms with Gasteiger partial charge in [-0.2, -0.15) is 0 Å². The number of carbonyl (C=O) groups excluding carboxylic acids is 4. The fraction of sp³-hybridized carbons (Fsp3) is 0.619. The largest absolute Gasteiger partial charge is 0.382 e. The molecule has 3 fully saturated rings. The molecular formula is C21H24O5. The van der Waals surface area contributed by atoms with E-state index in [1.165, 1.54) is 19.1 Å². The smallest absolute Gasteiger partial charge is 0.225 e. The van der Waals surface area contributed by atoms with Crippen LogP contribution in [-0.2, 0) is 19.2 Å². The highest BCUT2D eigenvalue weighted by molar-refractivity contribution is 6.46. The summed E-state index contributed by atoms with van der Waals surface area (Å²) in [4.78, 5) is 49.8. The van der Waals surface area contributed by atoms with E-state index < -0.39 is 33.9 Å². The molecule has 0 heterocycles. The quantitative estimate of drug-likeness (QED) is 0.726. The van der Waals surface area contributed by atoms with Crippen molar-refractivity contribution < 1.29 is 24.3 Å². The fourth-order valence-electron chi connectivity index (χ4n) is 6.38. The lowest BCUT2D eigenvalue weighted by molar-refractivity contribution is -0.165. The van der Waals surface area contributed by atoms with Crippen molar-refractivity contribution in [2.24, 2.45) is 28.6 Å². The van der Waals surface area contributed by atoms with E-state index in [0.29, 0.717) is 31.3 Å². The summed E-state index contributed by atoms with van der Waals surface area (Å²) in [5, 5.41) is 11.1. The van der Waals surface area contributed by atoms with Crippen LogP contribution in [0.4, 0.5) is 0 Å². The second-order valence-corrected chi connectivity index (χ2v) is 8.92. The van der Waals surface area contributed by atoms with E-state index in [1.54, 1.807) is 6.08 Å². The molecule has 0 amide bonds. The second kappa shape index (κ2) is 5.10. The first-order valence-corrected chi connectivity index (χ1v) is 9.33. The summed E-state index contributed by atoms with van der Waals surface area (Å²) in [7, 11) is 0. The summed E-state index contributed by atoms with van der Waals surface area (Å²) < 4.78 is 0. The highest BCUT2D eigenvalue weighted by Crippen LogP contribution is 2.65. The number of hydrogen-bond acceptors (Lipinski definition) is 5. The Bertz CT molecular complexity index is 820. The van der Waals surface area contributed by atoms with Crippen LogP contribution < -0.4 is 0 Å². The standard InChI is InChI=1S/C21H24O5/c1-11(22)21(26)9-6-14-16-13(5-8-20(14,21)3)19(2)7-4-12(23)10-15(19)17(24)18(16)25/h4,7,10,13-14,16,26H,5-6,8-9H2,1-3H3/t13-,14-,16+,19+,20-,21-/m0/s1. The zero-order chi connectivity index (χ0) is 19.1. The molecule has 4 aliphatic rings. The first kappa shape index (κ1) is 17.5. The molecule has 5 nitrogen and oxygen atoms in total. The van der Waals surface area contributed by atoms with Crippen LogP contribution in [0.2, 0.25) is 0 Å². The monoisotopic (exact) mass is 356 g/mol. The Morgan fingerprint density at radius 1 is 1.12 bits per heavy atom. The van der Waals surface area contributed by atoms with Crippen LogP contribution in [-0.4, -0.2) is 33.8 Å². The molecule has 0 aliphatic heterocycles. The third-order valence-corrected chi connectivity index (χ3v) is 8.01. The number of fused-ring (bicyclic) bond motifs is 5. The zero-order valence-corrected chi connectivity index (χ0v) is 15.4. The van der Waals surface area contributed by atoms with E-state index in [4.69, 9.17) is 0 Å². The lowest BCUT2D eigenvalue weighted by atomic mass is 9.46. The van der Waals surface area contributed by atoms with Crippen LogP contribution in [0.5, 0.6) is 0 Å². The van der Waals surface area contributed by atoms with Crippen molar-refractivity contribution in [3.05, 3.63) is 23.8 Å². The molecule has 0 bridgehead atoms. The number of aliphatic hydroxyl groups is 1. The van der Waals surface area contributed by atoms with Gasteiger partial charge in [-0.3, -0.25) is 19.2 Å². The summed E-state index contributed by atoms with van der Waals surface area (Å²) in [6, 6.07) is 0. The molecule has 0 aromatic carbocycles. The van der Waals surface area contributed by atoms with E-state index in [2.05, 4.69) is 0 Å². The van der Waals surface area contributed by atoms with Gasteiger partial charge >= 0.3 is 0 Å². The third kappa shape index (κ3) is 1.85. The molecular weight excluding hydrogens is 332 g/mol. The summed E-state index contributed by atoms with van der Waals surface area (Å²) >= 11 is 0. The molecule has 0 saturated heterocycles. The maximum absolute atomic E-state index is 13.0. The lowest BCUT2D eigenvalue weighted by Crippen LogP contribution is -2.60. The van der Waals surface area contributed by atoms with E-state index in [1.807, 2.05) is 13.8 Å². The van der Waals surface area contributed by atoms with E-state index in [-0.39, 0.29) is 23.4 Å². The van der Waals surface area contributed by atoms with Gasteiger partial charge in [-0.1, -0.05) is 19.9 Å². The minimum atomic E-state index is -1.43. The number of carbonyl (C=O) groups is 4. The van der Waals surface area contributed by atoms with Crippen LogP contribution in [0.3, 0.4) is 0 Å². The van der Waals surface area contributed by atoms with Crippen LogP contribution in [0, 0.1) is 28.6 Å².